The zero-order chi connectivity index (χ0) is 9.84. The van der Waals surface area contributed by atoms with Crippen LogP contribution in [0.5, 0.6) is 0 Å². The number of nitrogens with zero attached hydrogens (tertiary/aromatic N) is 1. The number of amides is 1. The van der Waals surface area contributed by atoms with Crippen molar-refractivity contribution in [2.75, 3.05) is 7.05 Å². The monoisotopic (exact) mass is 197 g/mol. The van der Waals surface area contributed by atoms with Gasteiger partial charge in [-0.25, -0.2) is 0 Å². The summed E-state index contributed by atoms with van der Waals surface area (Å²) in [6, 6.07) is 3.59. The van der Waals surface area contributed by atoms with Gasteiger partial charge >= 0.3 is 0 Å². The molecule has 0 radical (unpaired) electrons. The third-order valence-electron chi connectivity index (χ3n) is 1.67. The van der Waals surface area contributed by atoms with Gasteiger partial charge in [-0.3, -0.25) is 4.79 Å². The van der Waals surface area contributed by atoms with Gasteiger partial charge in [-0.05, 0) is 12.1 Å². The number of nitrogens with one attached hydrogen (secondary N) is 1. The van der Waals surface area contributed by atoms with Crippen LogP contribution in [0.4, 0.5) is 0 Å². The first-order chi connectivity index (χ1) is 6.15. The minimum atomic E-state index is -0.0753. The number of carbonyl (C=O) groups excluding carboxylic acids is 1. The molecule has 1 rings (SSSR count). The van der Waals surface area contributed by atoms with Crippen LogP contribution in [0.15, 0.2) is 18.3 Å². The highest BCUT2D eigenvalue weighted by Gasteiger charge is 2.05. The number of likely N-dealkylation sites (N-methyl/N-ethyl adjacent to an activating group) is 1. The van der Waals surface area contributed by atoms with E-state index in [2.05, 4.69) is 5.32 Å². The summed E-state index contributed by atoms with van der Waals surface area (Å²) in [5, 5.41) is 2.53. The lowest BCUT2D eigenvalue weighted by Gasteiger charge is -2.06. The molecule has 0 unspecified atom stereocenters. The first kappa shape index (κ1) is 9.73. The van der Waals surface area contributed by atoms with Gasteiger partial charge in [0.2, 0.25) is 5.91 Å². The Balaban J connectivity index is 2.82. The molecule has 4 nitrogen and oxygen atoms in total. The molecule has 0 aliphatic rings. The quantitative estimate of drug-likeness (QED) is 0.663. The molecule has 70 valence electrons. The molecule has 0 aliphatic carbocycles. The molecule has 1 aromatic heterocycles. The standard InChI is InChI=1S/C8H11N3OS/c1-10-7(12)5-11-4-2-3-6(11)8(9)13/h2-4H,5H2,1H3,(H2,9,13)(H,10,12). The number of thiocarbonyl (C=S) groups is 1. The Morgan fingerprint density at radius 1 is 1.77 bits per heavy atom. The van der Waals surface area contributed by atoms with Gasteiger partial charge in [0.1, 0.15) is 11.5 Å². The second-order valence-corrected chi connectivity index (χ2v) is 3.00. The van der Waals surface area contributed by atoms with Crippen LogP contribution in [0.1, 0.15) is 5.69 Å². The van der Waals surface area contributed by atoms with Gasteiger partial charge in [0, 0.05) is 13.2 Å². The minimum Gasteiger partial charge on any atom is -0.388 e. The number of aromatic nitrogens is 1. The third kappa shape index (κ3) is 2.29. The SMILES string of the molecule is CNC(=O)Cn1cccc1C(N)=S. The van der Waals surface area contributed by atoms with Crippen molar-refractivity contribution in [3.05, 3.63) is 24.0 Å². The van der Waals surface area contributed by atoms with Crippen LogP contribution >= 0.6 is 12.2 Å². The largest absolute Gasteiger partial charge is 0.388 e. The Hall–Kier alpha value is -1.36. The molecule has 3 N–H and O–H groups in total. The van der Waals surface area contributed by atoms with E-state index in [1.165, 1.54) is 0 Å². The molecule has 0 saturated carbocycles. The molecule has 0 fully saturated rings. The summed E-state index contributed by atoms with van der Waals surface area (Å²) in [5.74, 6) is -0.0753. The Morgan fingerprint density at radius 2 is 2.46 bits per heavy atom. The average Bonchev–Trinajstić information content (AvgIpc) is 2.52. The van der Waals surface area contributed by atoms with Crippen LogP contribution in [-0.2, 0) is 11.3 Å². The summed E-state index contributed by atoms with van der Waals surface area (Å²) in [4.78, 5) is 11.3. The average molecular weight is 197 g/mol. The summed E-state index contributed by atoms with van der Waals surface area (Å²) in [7, 11) is 1.59. The minimum absolute atomic E-state index is 0.0753. The number of hydrogen-bond donors (Lipinski definition) is 2. The molecule has 0 aromatic carbocycles. The number of nitrogens with two attached hydrogens (primary N) is 1. The van der Waals surface area contributed by atoms with Gasteiger partial charge in [0.25, 0.3) is 0 Å². The molecular weight excluding hydrogens is 186 g/mol. The van der Waals surface area contributed by atoms with E-state index < -0.39 is 0 Å². The predicted octanol–water partition coefficient (Wildman–Crippen LogP) is -0.132. The van der Waals surface area contributed by atoms with E-state index in [4.69, 9.17) is 18.0 Å². The highest BCUT2D eigenvalue weighted by molar-refractivity contribution is 7.80. The highest BCUT2D eigenvalue weighted by Crippen LogP contribution is 2.01. The van der Waals surface area contributed by atoms with Crippen molar-refractivity contribution in [2.24, 2.45) is 5.73 Å². The van der Waals surface area contributed by atoms with Gasteiger partial charge in [0.05, 0.1) is 5.69 Å². The molecule has 13 heavy (non-hydrogen) atoms. The fourth-order valence-electron chi connectivity index (χ4n) is 1.01. The van der Waals surface area contributed by atoms with E-state index in [-0.39, 0.29) is 12.5 Å². The predicted molar refractivity (Wildman–Crippen MR) is 54.4 cm³/mol. The lowest BCUT2D eigenvalue weighted by atomic mass is 10.4. The van der Waals surface area contributed by atoms with Crippen LogP contribution in [0, 0.1) is 0 Å². The van der Waals surface area contributed by atoms with Crippen LogP contribution < -0.4 is 11.1 Å². The van der Waals surface area contributed by atoms with Gasteiger partial charge in [-0.2, -0.15) is 0 Å². The third-order valence-corrected chi connectivity index (χ3v) is 1.88. The highest BCUT2D eigenvalue weighted by atomic mass is 32.1. The van der Waals surface area contributed by atoms with Crippen molar-refractivity contribution in [2.45, 2.75) is 6.54 Å². The molecule has 0 spiro atoms. The summed E-state index contributed by atoms with van der Waals surface area (Å²) >= 11 is 4.82. The van der Waals surface area contributed by atoms with Crippen molar-refractivity contribution in [1.29, 1.82) is 0 Å². The smallest absolute Gasteiger partial charge is 0.239 e. The molecule has 1 aromatic rings. The molecule has 0 bridgehead atoms. The fourth-order valence-corrected chi connectivity index (χ4v) is 1.19. The summed E-state index contributed by atoms with van der Waals surface area (Å²) < 4.78 is 1.71. The van der Waals surface area contributed by atoms with Gasteiger partial charge in [-0.1, -0.05) is 12.2 Å². The molecular formula is C8H11N3OS. The Bertz CT molecular complexity index is 332. The van der Waals surface area contributed by atoms with Crippen molar-refractivity contribution in [3.63, 3.8) is 0 Å². The van der Waals surface area contributed by atoms with E-state index in [0.29, 0.717) is 10.7 Å². The lowest BCUT2D eigenvalue weighted by Crippen LogP contribution is -2.26. The molecule has 0 atom stereocenters. The van der Waals surface area contributed by atoms with Gasteiger partial charge < -0.3 is 15.6 Å². The summed E-state index contributed by atoms with van der Waals surface area (Å²) in [6.45, 7) is 0.246. The maximum absolute atomic E-state index is 11.0. The molecule has 1 heterocycles. The van der Waals surface area contributed by atoms with Crippen molar-refractivity contribution in [3.8, 4) is 0 Å². The van der Waals surface area contributed by atoms with E-state index in [0.717, 1.165) is 0 Å². The summed E-state index contributed by atoms with van der Waals surface area (Å²) in [6.07, 6.45) is 1.77. The number of rotatable bonds is 3. The Kier molecular flexibility index (Phi) is 3.02. The molecule has 1 amide bonds. The Morgan fingerprint density at radius 3 is 3.00 bits per heavy atom. The maximum atomic E-state index is 11.0. The number of carbonyl (C=O) groups is 1. The van der Waals surface area contributed by atoms with E-state index in [9.17, 15) is 4.79 Å². The van der Waals surface area contributed by atoms with Crippen molar-refractivity contribution < 1.29 is 4.79 Å². The second-order valence-electron chi connectivity index (χ2n) is 2.56. The zero-order valence-corrected chi connectivity index (χ0v) is 8.10. The van der Waals surface area contributed by atoms with E-state index in [1.807, 2.05) is 0 Å². The van der Waals surface area contributed by atoms with Crippen LogP contribution in [-0.4, -0.2) is 22.5 Å². The van der Waals surface area contributed by atoms with Gasteiger partial charge in [-0.15, -0.1) is 0 Å². The first-order valence-corrected chi connectivity index (χ1v) is 4.21. The molecule has 0 saturated heterocycles. The van der Waals surface area contributed by atoms with Gasteiger partial charge in [0.15, 0.2) is 0 Å². The van der Waals surface area contributed by atoms with E-state index in [1.54, 1.807) is 29.9 Å². The normalized spacial score (nSPS) is 9.62. The second kappa shape index (κ2) is 4.04. The van der Waals surface area contributed by atoms with E-state index >= 15 is 0 Å². The van der Waals surface area contributed by atoms with Crippen LogP contribution in [0.3, 0.4) is 0 Å². The lowest BCUT2D eigenvalue weighted by molar-refractivity contribution is -0.121. The van der Waals surface area contributed by atoms with Crippen molar-refractivity contribution >= 4 is 23.1 Å². The number of hydrogen-bond acceptors (Lipinski definition) is 2. The van der Waals surface area contributed by atoms with Crippen molar-refractivity contribution in [1.82, 2.24) is 9.88 Å². The molecule has 0 aliphatic heterocycles. The van der Waals surface area contributed by atoms with Crippen LogP contribution in [0.2, 0.25) is 0 Å². The topological polar surface area (TPSA) is 60.0 Å². The Labute approximate surface area is 81.7 Å². The van der Waals surface area contributed by atoms with Crippen LogP contribution in [0.25, 0.3) is 0 Å². The fraction of sp³-hybridized carbons (Fsp3) is 0.250. The molecule has 5 heteroatoms. The zero-order valence-electron chi connectivity index (χ0n) is 7.28. The first-order valence-electron chi connectivity index (χ1n) is 3.80. The maximum Gasteiger partial charge on any atom is 0.239 e. The summed E-state index contributed by atoms with van der Waals surface area (Å²) in [5.41, 5.74) is 6.16.